The van der Waals surface area contributed by atoms with Gasteiger partial charge in [0.1, 0.15) is 5.60 Å². The van der Waals surface area contributed by atoms with Crippen molar-refractivity contribution in [1.82, 2.24) is 10.1 Å². The van der Waals surface area contributed by atoms with Gasteiger partial charge in [-0.15, -0.1) is 0 Å². The Hall–Kier alpha value is -1.43. The average Bonchev–Trinajstić information content (AvgIpc) is 3.04. The summed E-state index contributed by atoms with van der Waals surface area (Å²) >= 11 is 0. The van der Waals surface area contributed by atoms with Gasteiger partial charge >= 0.3 is 5.97 Å². The monoisotopic (exact) mass is 294 g/mol. The van der Waals surface area contributed by atoms with Crippen molar-refractivity contribution in [2.75, 3.05) is 7.11 Å². The van der Waals surface area contributed by atoms with Crippen LogP contribution in [0.15, 0.2) is 4.52 Å². The zero-order valence-electron chi connectivity index (χ0n) is 12.5. The quantitative estimate of drug-likeness (QED) is 0.898. The molecule has 21 heavy (non-hydrogen) atoms. The molecule has 1 heterocycles. The zero-order chi connectivity index (χ0) is 15.0. The number of carbonyl (C=O) groups is 1. The minimum atomic E-state index is -0.763. The van der Waals surface area contributed by atoms with Crippen LogP contribution in [0.25, 0.3) is 0 Å². The number of hydrogen-bond acceptors (Lipinski definition) is 5. The van der Waals surface area contributed by atoms with Crippen LogP contribution in [0.2, 0.25) is 0 Å². The normalized spacial score (nSPS) is 31.0. The summed E-state index contributed by atoms with van der Waals surface area (Å²) in [6.07, 6.45) is 5.39. The number of rotatable bonds is 5. The molecule has 3 unspecified atom stereocenters. The van der Waals surface area contributed by atoms with E-state index in [1.807, 2.05) is 0 Å². The van der Waals surface area contributed by atoms with Crippen molar-refractivity contribution in [3.05, 3.63) is 11.7 Å². The van der Waals surface area contributed by atoms with Gasteiger partial charge in [0.05, 0.1) is 11.8 Å². The summed E-state index contributed by atoms with van der Waals surface area (Å²) in [5, 5.41) is 13.5. The van der Waals surface area contributed by atoms with Crippen LogP contribution >= 0.6 is 0 Å². The molecule has 6 heteroatoms. The van der Waals surface area contributed by atoms with Crippen LogP contribution in [0.5, 0.6) is 0 Å². The molecule has 0 aliphatic heterocycles. The summed E-state index contributed by atoms with van der Waals surface area (Å²) in [7, 11) is 1.66. The van der Waals surface area contributed by atoms with Gasteiger partial charge in [-0.05, 0) is 38.0 Å². The largest absolute Gasteiger partial charge is 0.481 e. The van der Waals surface area contributed by atoms with Gasteiger partial charge in [-0.1, -0.05) is 18.5 Å². The number of aromatic nitrogens is 2. The summed E-state index contributed by atoms with van der Waals surface area (Å²) in [5.74, 6) is 0.130. The summed E-state index contributed by atoms with van der Waals surface area (Å²) in [5.41, 5.74) is -0.413. The maximum absolute atomic E-state index is 11.5. The van der Waals surface area contributed by atoms with Crippen LogP contribution < -0.4 is 0 Å². The number of methoxy groups -OCH3 is 1. The Labute approximate surface area is 123 Å². The van der Waals surface area contributed by atoms with E-state index in [0.29, 0.717) is 24.1 Å². The molecule has 6 nitrogen and oxygen atoms in total. The maximum atomic E-state index is 11.5. The van der Waals surface area contributed by atoms with Gasteiger partial charge in [-0.2, -0.15) is 4.98 Å². The summed E-state index contributed by atoms with van der Waals surface area (Å²) in [4.78, 5) is 16.0. The van der Waals surface area contributed by atoms with Crippen LogP contribution in [-0.2, 0) is 15.1 Å². The van der Waals surface area contributed by atoms with Gasteiger partial charge in [-0.25, -0.2) is 0 Å². The lowest BCUT2D eigenvalue weighted by atomic mass is 9.79. The van der Waals surface area contributed by atoms with Gasteiger partial charge in [0, 0.05) is 7.11 Å². The first-order chi connectivity index (χ1) is 10.1. The van der Waals surface area contributed by atoms with Crippen molar-refractivity contribution in [2.45, 2.75) is 57.0 Å². The fourth-order valence-electron chi connectivity index (χ4n) is 3.61. The molecule has 0 aromatic carbocycles. The van der Waals surface area contributed by atoms with Crippen LogP contribution in [0.3, 0.4) is 0 Å². The molecule has 3 rings (SSSR count). The molecular formula is C15H22N2O4. The maximum Gasteiger partial charge on any atom is 0.307 e. The lowest BCUT2D eigenvalue weighted by molar-refractivity contribution is -0.142. The Morgan fingerprint density at radius 2 is 2.24 bits per heavy atom. The van der Waals surface area contributed by atoms with E-state index >= 15 is 0 Å². The molecular weight excluding hydrogens is 272 g/mol. The third kappa shape index (κ3) is 2.35. The van der Waals surface area contributed by atoms with Crippen molar-refractivity contribution in [2.24, 2.45) is 11.8 Å². The Kier molecular flexibility index (Phi) is 3.73. The van der Waals surface area contributed by atoms with Crippen molar-refractivity contribution in [3.63, 3.8) is 0 Å². The second-order valence-electron chi connectivity index (χ2n) is 6.31. The molecule has 2 saturated carbocycles. The molecule has 0 radical (unpaired) electrons. The summed E-state index contributed by atoms with van der Waals surface area (Å²) < 4.78 is 11.0. The van der Waals surface area contributed by atoms with Crippen molar-refractivity contribution < 1.29 is 19.2 Å². The predicted octanol–water partition coefficient (Wildman–Crippen LogP) is 2.70. The lowest BCUT2D eigenvalue weighted by Crippen LogP contribution is -2.37. The van der Waals surface area contributed by atoms with E-state index in [1.165, 1.54) is 0 Å². The fraction of sp³-hybridized carbons (Fsp3) is 0.800. The third-order valence-electron chi connectivity index (χ3n) is 5.27. The first-order valence-electron chi connectivity index (χ1n) is 7.71. The Bertz CT molecular complexity index is 518. The second kappa shape index (κ2) is 5.40. The molecule has 0 amide bonds. The first kappa shape index (κ1) is 14.5. The van der Waals surface area contributed by atoms with Gasteiger partial charge in [0.15, 0.2) is 0 Å². The highest BCUT2D eigenvalue weighted by Gasteiger charge is 2.46. The molecule has 0 bridgehead atoms. The molecule has 2 aliphatic rings. The molecule has 1 aromatic heterocycles. The standard InChI is InChI=1S/C15H22N2O4/c1-3-9-7-10(11(8-9)13(18)19)12-16-14(17-21-12)15(20-2)5-4-6-15/h9-11H,3-8H2,1-2H3,(H,18,19). The molecule has 1 N–H and O–H groups in total. The van der Waals surface area contributed by atoms with E-state index in [9.17, 15) is 9.90 Å². The average molecular weight is 294 g/mol. The van der Waals surface area contributed by atoms with E-state index < -0.39 is 17.5 Å². The summed E-state index contributed by atoms with van der Waals surface area (Å²) in [6.45, 7) is 2.10. The highest BCUT2D eigenvalue weighted by atomic mass is 16.5. The topological polar surface area (TPSA) is 85.5 Å². The van der Waals surface area contributed by atoms with E-state index in [4.69, 9.17) is 9.26 Å². The fourth-order valence-corrected chi connectivity index (χ4v) is 3.61. The van der Waals surface area contributed by atoms with Crippen LogP contribution in [0.1, 0.15) is 63.1 Å². The number of nitrogens with zero attached hydrogens (tertiary/aromatic N) is 2. The van der Waals surface area contributed by atoms with Gasteiger partial charge in [0.25, 0.3) is 0 Å². The minimum Gasteiger partial charge on any atom is -0.481 e. The van der Waals surface area contributed by atoms with Gasteiger partial charge in [-0.3, -0.25) is 4.79 Å². The second-order valence-corrected chi connectivity index (χ2v) is 6.31. The van der Waals surface area contributed by atoms with Crippen LogP contribution in [-0.4, -0.2) is 28.3 Å². The Balaban J connectivity index is 1.83. The van der Waals surface area contributed by atoms with Crippen molar-refractivity contribution in [1.29, 1.82) is 0 Å². The molecule has 0 spiro atoms. The first-order valence-corrected chi connectivity index (χ1v) is 7.71. The predicted molar refractivity (Wildman–Crippen MR) is 73.7 cm³/mol. The Morgan fingerprint density at radius 1 is 1.48 bits per heavy atom. The number of carboxylic acids is 1. The highest BCUT2D eigenvalue weighted by molar-refractivity contribution is 5.71. The smallest absolute Gasteiger partial charge is 0.307 e. The number of ether oxygens (including phenoxy) is 1. The third-order valence-corrected chi connectivity index (χ3v) is 5.27. The van der Waals surface area contributed by atoms with Crippen LogP contribution in [0.4, 0.5) is 0 Å². The summed E-state index contributed by atoms with van der Waals surface area (Å²) in [6, 6.07) is 0. The molecule has 1 aromatic rings. The SMILES string of the molecule is CCC1CC(C(=O)O)C(c2nc(C3(OC)CCC3)no2)C1. The molecule has 2 aliphatic carbocycles. The van der Waals surface area contributed by atoms with E-state index in [0.717, 1.165) is 32.1 Å². The van der Waals surface area contributed by atoms with Crippen molar-refractivity contribution >= 4 is 5.97 Å². The molecule has 2 fully saturated rings. The highest BCUT2D eigenvalue weighted by Crippen LogP contribution is 2.46. The molecule has 0 saturated heterocycles. The molecule has 116 valence electrons. The van der Waals surface area contributed by atoms with Gasteiger partial charge in [0.2, 0.25) is 11.7 Å². The number of carboxylic acid groups (broad SMARTS) is 1. The molecule has 3 atom stereocenters. The minimum absolute atomic E-state index is 0.164. The van der Waals surface area contributed by atoms with E-state index in [-0.39, 0.29) is 5.92 Å². The van der Waals surface area contributed by atoms with Gasteiger partial charge < -0.3 is 14.4 Å². The lowest BCUT2D eigenvalue weighted by Gasteiger charge is -2.37. The van der Waals surface area contributed by atoms with Crippen LogP contribution in [0, 0.1) is 11.8 Å². The van der Waals surface area contributed by atoms with E-state index in [1.54, 1.807) is 7.11 Å². The Morgan fingerprint density at radius 3 is 2.76 bits per heavy atom. The number of hydrogen-bond donors (Lipinski definition) is 1. The van der Waals surface area contributed by atoms with Crippen molar-refractivity contribution in [3.8, 4) is 0 Å². The van der Waals surface area contributed by atoms with E-state index in [2.05, 4.69) is 17.1 Å². The zero-order valence-corrected chi connectivity index (χ0v) is 12.5. The number of aliphatic carboxylic acids is 1.